The summed E-state index contributed by atoms with van der Waals surface area (Å²) in [6, 6.07) is 0. The quantitative estimate of drug-likeness (QED) is 0.875. The fourth-order valence-electron chi connectivity index (χ4n) is 1.07. The van der Waals surface area contributed by atoms with Gasteiger partial charge in [-0.15, -0.1) is 11.3 Å². The van der Waals surface area contributed by atoms with Gasteiger partial charge in [-0.05, 0) is 7.05 Å². The molecule has 0 radical (unpaired) electrons. The van der Waals surface area contributed by atoms with E-state index < -0.39 is 12.6 Å². The van der Waals surface area contributed by atoms with Gasteiger partial charge in [0.2, 0.25) is 0 Å². The van der Waals surface area contributed by atoms with Crippen molar-refractivity contribution >= 4 is 16.5 Å². The molecule has 2 N–H and O–H groups in total. The number of nitrogen functional groups attached to an aromatic ring is 1. The van der Waals surface area contributed by atoms with Gasteiger partial charge in [0.15, 0.2) is 5.13 Å². The number of nitrogens with two attached hydrogens (primary N) is 1. The van der Waals surface area contributed by atoms with Crippen LogP contribution in [-0.2, 0) is 6.54 Å². The maximum absolute atomic E-state index is 11.9. The van der Waals surface area contributed by atoms with Crippen LogP contribution < -0.4 is 5.73 Å². The highest BCUT2D eigenvalue weighted by Crippen LogP contribution is 2.20. The van der Waals surface area contributed by atoms with Gasteiger partial charge in [-0.3, -0.25) is 0 Å². The fraction of sp³-hybridized carbons (Fsp3) is 0.625. The number of anilines is 1. The monoisotopic (exact) mass is 239 g/mol. The summed E-state index contributed by atoms with van der Waals surface area (Å²) in [5.74, 6) is 0. The number of thiazole rings is 1. The molecule has 0 fully saturated rings. The average Bonchev–Trinajstić information content (AvgIpc) is 2.47. The highest BCUT2D eigenvalue weighted by molar-refractivity contribution is 7.13. The number of aromatic nitrogens is 1. The van der Waals surface area contributed by atoms with E-state index >= 15 is 0 Å². The first kappa shape index (κ1) is 12.3. The predicted molar refractivity (Wildman–Crippen MR) is 53.5 cm³/mol. The Hall–Kier alpha value is -0.820. The summed E-state index contributed by atoms with van der Waals surface area (Å²) in [5, 5.41) is 2.19. The Bertz CT molecular complexity index is 310. The van der Waals surface area contributed by atoms with Crippen molar-refractivity contribution in [3.05, 3.63) is 11.1 Å². The number of nitrogens with zero attached hydrogens (tertiary/aromatic N) is 2. The minimum atomic E-state index is -4.10. The Morgan fingerprint density at radius 2 is 2.20 bits per heavy atom. The molecule has 3 nitrogen and oxygen atoms in total. The van der Waals surface area contributed by atoms with Crippen LogP contribution in [0.3, 0.4) is 0 Å². The number of rotatable bonds is 4. The Morgan fingerprint density at radius 3 is 2.67 bits per heavy atom. The first-order valence-corrected chi connectivity index (χ1v) is 5.20. The Morgan fingerprint density at radius 1 is 1.53 bits per heavy atom. The minimum absolute atomic E-state index is 0.0269. The molecule has 0 saturated carbocycles. The Labute approximate surface area is 89.7 Å². The third-order valence-corrected chi connectivity index (χ3v) is 2.50. The summed E-state index contributed by atoms with van der Waals surface area (Å²) in [7, 11) is 1.63. The van der Waals surface area contributed by atoms with E-state index in [0.29, 0.717) is 17.4 Å². The molecule has 1 rings (SSSR count). The van der Waals surface area contributed by atoms with Crippen LogP contribution in [0, 0.1) is 0 Å². The first-order chi connectivity index (χ1) is 6.87. The summed E-state index contributed by atoms with van der Waals surface area (Å²) in [6.07, 6.45) is -4.90. The molecule has 0 unspecified atom stereocenters. The molecule has 7 heteroatoms. The van der Waals surface area contributed by atoms with Crippen LogP contribution in [-0.4, -0.2) is 29.7 Å². The summed E-state index contributed by atoms with van der Waals surface area (Å²) in [4.78, 5) is 5.54. The molecular weight excluding hydrogens is 227 g/mol. The third-order valence-electron chi connectivity index (χ3n) is 1.78. The number of alkyl halides is 3. The van der Waals surface area contributed by atoms with Crippen molar-refractivity contribution in [1.29, 1.82) is 0 Å². The SMILES string of the molecule is CN(CCC(F)(F)F)Cc1csc(N)n1. The lowest BCUT2D eigenvalue weighted by Crippen LogP contribution is -2.24. The standard InChI is InChI=1S/C8H12F3N3S/c1-14(3-2-8(9,10)11)4-6-5-15-7(12)13-6/h5H,2-4H2,1H3,(H2,12,13). The first-order valence-electron chi connectivity index (χ1n) is 4.32. The van der Waals surface area contributed by atoms with Crippen molar-refractivity contribution in [3.8, 4) is 0 Å². The van der Waals surface area contributed by atoms with E-state index in [2.05, 4.69) is 4.98 Å². The lowest BCUT2D eigenvalue weighted by atomic mass is 10.3. The maximum atomic E-state index is 11.9. The van der Waals surface area contributed by atoms with E-state index in [9.17, 15) is 13.2 Å². The lowest BCUT2D eigenvalue weighted by Gasteiger charge is -2.16. The fourth-order valence-corrected chi connectivity index (χ4v) is 1.62. The van der Waals surface area contributed by atoms with Crippen molar-refractivity contribution in [2.24, 2.45) is 0 Å². The molecule has 0 aromatic carbocycles. The second-order valence-electron chi connectivity index (χ2n) is 3.28. The molecule has 1 heterocycles. The van der Waals surface area contributed by atoms with Crippen molar-refractivity contribution in [2.75, 3.05) is 19.3 Å². The Balaban J connectivity index is 2.33. The molecular formula is C8H12F3N3S. The molecule has 86 valence electrons. The molecule has 0 aliphatic rings. The number of hydrogen-bond acceptors (Lipinski definition) is 4. The minimum Gasteiger partial charge on any atom is -0.375 e. The van der Waals surface area contributed by atoms with Crippen LogP contribution in [0.2, 0.25) is 0 Å². The maximum Gasteiger partial charge on any atom is 0.390 e. The Kier molecular flexibility index (Phi) is 3.92. The normalized spacial score (nSPS) is 12.3. The molecule has 0 spiro atoms. The molecule has 0 aliphatic heterocycles. The van der Waals surface area contributed by atoms with Crippen molar-refractivity contribution in [2.45, 2.75) is 19.1 Å². The van der Waals surface area contributed by atoms with Crippen molar-refractivity contribution in [1.82, 2.24) is 9.88 Å². The van der Waals surface area contributed by atoms with Gasteiger partial charge in [-0.1, -0.05) is 0 Å². The smallest absolute Gasteiger partial charge is 0.375 e. The number of halogens is 3. The molecule has 0 atom stereocenters. The zero-order chi connectivity index (χ0) is 11.5. The second-order valence-corrected chi connectivity index (χ2v) is 4.17. The molecule has 1 aromatic rings. The van der Waals surface area contributed by atoms with E-state index in [4.69, 9.17) is 5.73 Å². The third kappa shape index (κ3) is 4.98. The zero-order valence-corrected chi connectivity index (χ0v) is 9.03. The molecule has 15 heavy (non-hydrogen) atoms. The lowest BCUT2D eigenvalue weighted by molar-refractivity contribution is -0.137. The molecule has 1 aromatic heterocycles. The zero-order valence-electron chi connectivity index (χ0n) is 8.21. The highest BCUT2D eigenvalue weighted by Gasteiger charge is 2.27. The average molecular weight is 239 g/mol. The molecule has 0 amide bonds. The van der Waals surface area contributed by atoms with Crippen LogP contribution in [0.25, 0.3) is 0 Å². The molecule has 0 saturated heterocycles. The van der Waals surface area contributed by atoms with E-state index in [-0.39, 0.29) is 6.54 Å². The van der Waals surface area contributed by atoms with Crippen molar-refractivity contribution in [3.63, 3.8) is 0 Å². The largest absolute Gasteiger partial charge is 0.390 e. The van der Waals surface area contributed by atoms with Gasteiger partial charge in [0.05, 0.1) is 12.1 Å². The second kappa shape index (κ2) is 4.80. The van der Waals surface area contributed by atoms with E-state index in [1.807, 2.05) is 0 Å². The molecule has 0 aliphatic carbocycles. The molecule has 0 bridgehead atoms. The van der Waals surface area contributed by atoms with E-state index in [1.165, 1.54) is 11.3 Å². The summed E-state index contributed by atoms with van der Waals surface area (Å²) in [6.45, 7) is 0.366. The van der Waals surface area contributed by atoms with Crippen LogP contribution in [0.5, 0.6) is 0 Å². The van der Waals surface area contributed by atoms with Crippen LogP contribution in [0.4, 0.5) is 18.3 Å². The van der Waals surface area contributed by atoms with Crippen LogP contribution >= 0.6 is 11.3 Å². The van der Waals surface area contributed by atoms with Gasteiger partial charge in [0, 0.05) is 18.5 Å². The van der Waals surface area contributed by atoms with E-state index in [0.717, 1.165) is 0 Å². The predicted octanol–water partition coefficient (Wildman–Crippen LogP) is 2.11. The van der Waals surface area contributed by atoms with Gasteiger partial charge >= 0.3 is 6.18 Å². The highest BCUT2D eigenvalue weighted by atomic mass is 32.1. The van der Waals surface area contributed by atoms with Crippen LogP contribution in [0.15, 0.2) is 5.38 Å². The van der Waals surface area contributed by atoms with Gasteiger partial charge in [-0.25, -0.2) is 4.98 Å². The topological polar surface area (TPSA) is 42.1 Å². The van der Waals surface area contributed by atoms with Gasteiger partial charge in [-0.2, -0.15) is 13.2 Å². The summed E-state index contributed by atoms with van der Waals surface area (Å²) < 4.78 is 35.7. The van der Waals surface area contributed by atoms with Crippen LogP contribution in [0.1, 0.15) is 12.1 Å². The summed E-state index contributed by atoms with van der Waals surface area (Å²) in [5.41, 5.74) is 6.12. The van der Waals surface area contributed by atoms with Gasteiger partial charge < -0.3 is 10.6 Å². The number of hydrogen-bond donors (Lipinski definition) is 1. The van der Waals surface area contributed by atoms with Gasteiger partial charge in [0.25, 0.3) is 0 Å². The van der Waals surface area contributed by atoms with E-state index in [1.54, 1.807) is 17.3 Å². The van der Waals surface area contributed by atoms with Gasteiger partial charge in [0.1, 0.15) is 0 Å². The van der Waals surface area contributed by atoms with Crippen molar-refractivity contribution < 1.29 is 13.2 Å². The summed E-state index contributed by atoms with van der Waals surface area (Å²) >= 11 is 1.29.